The molecule has 2 heterocycles. The van der Waals surface area contributed by atoms with Gasteiger partial charge in [0.1, 0.15) is 17.3 Å². The normalized spacial score (nSPS) is 15.3. The van der Waals surface area contributed by atoms with E-state index in [1.807, 2.05) is 4.72 Å². The molecule has 2 aromatic carbocycles. The molecule has 0 atom stereocenters. The third-order valence-electron chi connectivity index (χ3n) is 5.11. The van der Waals surface area contributed by atoms with Crippen LogP contribution in [-0.4, -0.2) is 36.0 Å². The number of nitrogens with zero attached hydrogens (tertiary/aromatic N) is 2. The molecule has 0 amide bonds. The number of hydrogen-bond donors (Lipinski definition) is 1. The van der Waals surface area contributed by atoms with E-state index < -0.39 is 49.4 Å². The predicted octanol–water partition coefficient (Wildman–Crippen LogP) is 4.66. The largest absolute Gasteiger partial charge is 0.477 e. The molecule has 0 radical (unpaired) electrons. The third kappa shape index (κ3) is 4.50. The lowest BCUT2D eigenvalue weighted by atomic mass is 9.92. The summed E-state index contributed by atoms with van der Waals surface area (Å²) in [5.41, 5.74) is -2.16. The molecule has 0 unspecified atom stereocenters. The summed E-state index contributed by atoms with van der Waals surface area (Å²) in [5, 5.41) is 0.393. The number of benzene rings is 2. The molecule has 7 nitrogen and oxygen atoms in total. The molecule has 1 aromatic heterocycles. The molecule has 0 bridgehead atoms. The van der Waals surface area contributed by atoms with E-state index in [2.05, 4.69) is 9.97 Å². The lowest BCUT2D eigenvalue weighted by molar-refractivity contribution is -0.125. The van der Waals surface area contributed by atoms with Crippen molar-refractivity contribution in [1.82, 2.24) is 9.97 Å². The first-order valence-corrected chi connectivity index (χ1v) is 12.8. The highest BCUT2D eigenvalue weighted by molar-refractivity contribution is 7.98. The Hall–Kier alpha value is -3.38. The summed E-state index contributed by atoms with van der Waals surface area (Å²) in [6, 6.07) is 7.66. The molecule has 1 aliphatic rings. The molecule has 182 valence electrons. The van der Waals surface area contributed by atoms with Crippen LogP contribution in [0, 0.1) is 17.5 Å². The van der Waals surface area contributed by atoms with E-state index in [4.69, 9.17) is 4.74 Å². The van der Waals surface area contributed by atoms with Crippen LogP contribution in [0.15, 0.2) is 58.7 Å². The van der Waals surface area contributed by atoms with Gasteiger partial charge >= 0.3 is 0 Å². The molecule has 1 N–H and O–H groups in total. The quantitative estimate of drug-likeness (QED) is 0.372. The van der Waals surface area contributed by atoms with Crippen LogP contribution >= 0.6 is 11.8 Å². The van der Waals surface area contributed by atoms with Crippen LogP contribution in [0.4, 0.5) is 18.9 Å². The highest BCUT2D eigenvalue weighted by Gasteiger charge is 2.44. The molecule has 0 fully saturated rings. The van der Waals surface area contributed by atoms with Gasteiger partial charge in [0.15, 0.2) is 27.2 Å². The van der Waals surface area contributed by atoms with Crippen LogP contribution in [0.2, 0.25) is 0 Å². The summed E-state index contributed by atoms with van der Waals surface area (Å²) in [6.07, 6.45) is 3.22. The highest BCUT2D eigenvalue weighted by Crippen LogP contribution is 2.42. The van der Waals surface area contributed by atoms with Crippen molar-refractivity contribution >= 4 is 44.6 Å². The average molecular weight is 522 g/mol. The second-order valence-electron chi connectivity index (χ2n) is 7.90. The van der Waals surface area contributed by atoms with Crippen LogP contribution in [0.1, 0.15) is 25.1 Å². The number of rotatable bonds is 6. The van der Waals surface area contributed by atoms with Crippen molar-refractivity contribution in [3.63, 3.8) is 0 Å². The Bertz CT molecular complexity index is 1470. The van der Waals surface area contributed by atoms with Gasteiger partial charge in [0, 0.05) is 11.8 Å². The molecular weight excluding hydrogens is 503 g/mol. The van der Waals surface area contributed by atoms with E-state index >= 15 is 4.39 Å². The molecule has 3 aromatic rings. The second kappa shape index (κ2) is 9.00. The first-order chi connectivity index (χ1) is 16.5. The van der Waals surface area contributed by atoms with E-state index in [-0.39, 0.29) is 22.6 Å². The molecule has 12 heteroatoms. The van der Waals surface area contributed by atoms with Crippen molar-refractivity contribution in [2.24, 2.45) is 0 Å². The van der Waals surface area contributed by atoms with Crippen molar-refractivity contribution in [2.75, 3.05) is 11.0 Å². The summed E-state index contributed by atoms with van der Waals surface area (Å²) in [5.74, 6) is -4.37. The molecule has 0 saturated carbocycles. The predicted molar refractivity (Wildman–Crippen MR) is 124 cm³/mol. The fourth-order valence-electron chi connectivity index (χ4n) is 3.49. The molecular formula is C23H18F3N3O4S2. The van der Waals surface area contributed by atoms with E-state index in [1.54, 1.807) is 6.26 Å². The topological polar surface area (TPSA) is 98.2 Å². The lowest BCUT2D eigenvalue weighted by Crippen LogP contribution is -2.29. The summed E-state index contributed by atoms with van der Waals surface area (Å²) in [7, 11) is -4.84. The molecule has 0 saturated heterocycles. The Labute approximate surface area is 203 Å². The van der Waals surface area contributed by atoms with Gasteiger partial charge in [0.25, 0.3) is 10.0 Å². The molecule has 0 spiro atoms. The number of carbonyl (C=O) groups is 1. The van der Waals surface area contributed by atoms with Crippen LogP contribution in [0.25, 0.3) is 11.3 Å². The Morgan fingerprint density at radius 1 is 1.03 bits per heavy atom. The van der Waals surface area contributed by atoms with Crippen molar-refractivity contribution in [3.05, 3.63) is 77.4 Å². The molecule has 0 aliphatic carbocycles. The number of ketones is 1. The number of nitrogens with one attached hydrogen (secondary N) is 1. The summed E-state index contributed by atoms with van der Waals surface area (Å²) in [6.45, 7) is 3.01. The first-order valence-electron chi connectivity index (χ1n) is 10.1. The maximum atomic E-state index is 15.6. The summed E-state index contributed by atoms with van der Waals surface area (Å²) in [4.78, 5) is 20.3. The van der Waals surface area contributed by atoms with Gasteiger partial charge in [-0.05, 0) is 44.4 Å². The maximum Gasteiger partial charge on any atom is 0.267 e. The van der Waals surface area contributed by atoms with E-state index in [0.717, 1.165) is 24.3 Å². The maximum absolute atomic E-state index is 15.6. The highest BCUT2D eigenvalue weighted by atomic mass is 32.2. The Morgan fingerprint density at radius 2 is 1.69 bits per heavy atom. The zero-order chi connectivity index (χ0) is 25.5. The summed E-state index contributed by atoms with van der Waals surface area (Å²) >= 11 is 1.25. The van der Waals surface area contributed by atoms with Gasteiger partial charge in [-0.25, -0.2) is 31.6 Å². The number of anilines is 1. The summed E-state index contributed by atoms with van der Waals surface area (Å²) < 4.78 is 76.8. The number of Topliss-reactive ketones (excluding diaryl/α,β-unsaturated/α-hetero) is 1. The van der Waals surface area contributed by atoms with E-state index in [1.165, 1.54) is 50.0 Å². The van der Waals surface area contributed by atoms with Crippen LogP contribution in [0.3, 0.4) is 0 Å². The van der Waals surface area contributed by atoms with Crippen LogP contribution in [-0.2, 0) is 19.6 Å². The number of halogens is 3. The SMILES string of the molecule is CSc1nccc(C2=C(c3cccc(NS(=O)(=O)c4c(F)cccc4F)c3F)C(=O)C(C)(C)O2)n1. The lowest BCUT2D eigenvalue weighted by Gasteiger charge is -2.17. The van der Waals surface area contributed by atoms with Crippen LogP contribution in [0.5, 0.6) is 0 Å². The van der Waals surface area contributed by atoms with Crippen LogP contribution < -0.4 is 4.72 Å². The van der Waals surface area contributed by atoms with Gasteiger partial charge in [-0.2, -0.15) is 0 Å². The minimum Gasteiger partial charge on any atom is -0.477 e. The number of carbonyl (C=O) groups excluding carboxylic acids is 1. The molecule has 35 heavy (non-hydrogen) atoms. The molecule has 1 aliphatic heterocycles. The van der Waals surface area contributed by atoms with Gasteiger partial charge in [-0.3, -0.25) is 9.52 Å². The Balaban J connectivity index is 1.85. The van der Waals surface area contributed by atoms with Crippen molar-refractivity contribution in [2.45, 2.75) is 29.5 Å². The van der Waals surface area contributed by atoms with Gasteiger partial charge in [0.2, 0.25) is 5.78 Å². The Kier molecular flexibility index (Phi) is 6.36. The number of ether oxygens (including phenoxy) is 1. The van der Waals surface area contributed by atoms with Crippen molar-refractivity contribution in [3.8, 4) is 0 Å². The second-order valence-corrected chi connectivity index (χ2v) is 10.3. The molecule has 4 rings (SSSR count). The number of sulfonamides is 1. The minimum atomic E-state index is -4.84. The average Bonchev–Trinajstić information content (AvgIpc) is 3.04. The fourth-order valence-corrected chi connectivity index (χ4v) is 5.04. The van der Waals surface area contributed by atoms with E-state index in [9.17, 15) is 22.0 Å². The number of hydrogen-bond acceptors (Lipinski definition) is 7. The minimum absolute atomic E-state index is 0.00300. The third-order valence-corrected chi connectivity index (χ3v) is 7.08. The zero-order valence-electron chi connectivity index (χ0n) is 18.6. The smallest absolute Gasteiger partial charge is 0.267 e. The monoisotopic (exact) mass is 521 g/mol. The van der Waals surface area contributed by atoms with Crippen molar-refractivity contribution < 1.29 is 31.1 Å². The van der Waals surface area contributed by atoms with E-state index in [0.29, 0.717) is 5.16 Å². The number of aromatic nitrogens is 2. The number of thioether (sulfide) groups is 1. The standard InChI is InChI=1S/C23H18F3N3O4S2/c1-23(2)21(30)17(19(33-23)16-10-11-27-22(28-16)34-3)12-6-4-9-15(18(12)26)29-35(31,32)20-13(24)7-5-8-14(20)25/h4-11,29H,1-3H3. The van der Waals surface area contributed by atoms with Gasteiger partial charge in [0.05, 0.1) is 11.3 Å². The van der Waals surface area contributed by atoms with Crippen molar-refractivity contribution in [1.29, 1.82) is 0 Å². The van der Waals surface area contributed by atoms with Gasteiger partial charge in [-0.1, -0.05) is 30.0 Å². The van der Waals surface area contributed by atoms with Gasteiger partial charge in [-0.15, -0.1) is 0 Å². The first kappa shape index (κ1) is 24.7. The van der Waals surface area contributed by atoms with Gasteiger partial charge < -0.3 is 4.74 Å². The fraction of sp³-hybridized carbons (Fsp3) is 0.174. The zero-order valence-corrected chi connectivity index (χ0v) is 20.2. The Morgan fingerprint density at radius 3 is 2.34 bits per heavy atom.